The molecule has 0 amide bonds. The number of nitrogens with one attached hydrogen (secondary N) is 1. The van der Waals surface area contributed by atoms with E-state index in [-0.39, 0.29) is 18.3 Å². The monoisotopic (exact) mass is 171 g/mol. The molecule has 2 heterocycles. The van der Waals surface area contributed by atoms with Crippen molar-refractivity contribution < 1.29 is 9.84 Å². The Bertz CT molecular complexity index is 155. The lowest BCUT2D eigenvalue weighted by Gasteiger charge is -2.33. The van der Waals surface area contributed by atoms with E-state index < -0.39 is 0 Å². The molecular formula is C9H17NO2. The summed E-state index contributed by atoms with van der Waals surface area (Å²) in [5.74, 6) is 0. The molecule has 2 saturated heterocycles. The molecule has 1 spiro atoms. The first-order valence-electron chi connectivity index (χ1n) is 4.84. The van der Waals surface area contributed by atoms with Gasteiger partial charge in [0.2, 0.25) is 0 Å². The minimum atomic E-state index is 0.114. The van der Waals surface area contributed by atoms with Crippen molar-refractivity contribution in [3.63, 3.8) is 0 Å². The molecule has 0 aromatic rings. The molecule has 70 valence electrons. The van der Waals surface area contributed by atoms with Gasteiger partial charge in [-0.3, -0.25) is 0 Å². The van der Waals surface area contributed by atoms with Crippen LogP contribution in [0.3, 0.4) is 0 Å². The minimum Gasteiger partial charge on any atom is -0.394 e. The van der Waals surface area contributed by atoms with Crippen molar-refractivity contribution >= 4 is 0 Å². The zero-order valence-electron chi connectivity index (χ0n) is 7.38. The largest absolute Gasteiger partial charge is 0.394 e. The fourth-order valence-corrected chi connectivity index (χ4v) is 2.27. The summed E-state index contributed by atoms with van der Waals surface area (Å²) in [6.07, 6.45) is 4.52. The molecule has 0 aromatic heterocycles. The van der Waals surface area contributed by atoms with Gasteiger partial charge in [-0.2, -0.15) is 0 Å². The molecule has 3 nitrogen and oxygen atoms in total. The standard InChI is InChI=1S/C9H17NO2/c11-7-8-1-2-9(12-8)3-5-10-6-4-9/h8,10-11H,1-7H2/t8-/m1/s1. The Morgan fingerprint density at radius 1 is 1.33 bits per heavy atom. The van der Waals surface area contributed by atoms with E-state index in [1.165, 1.54) is 0 Å². The maximum Gasteiger partial charge on any atom is 0.0814 e. The van der Waals surface area contributed by atoms with Crippen LogP contribution in [0.25, 0.3) is 0 Å². The summed E-state index contributed by atoms with van der Waals surface area (Å²) in [4.78, 5) is 0. The van der Waals surface area contributed by atoms with Gasteiger partial charge in [-0.05, 0) is 38.8 Å². The van der Waals surface area contributed by atoms with Crippen LogP contribution in [0.2, 0.25) is 0 Å². The molecule has 1 atom stereocenters. The lowest BCUT2D eigenvalue weighted by molar-refractivity contribution is -0.0742. The maximum absolute atomic E-state index is 8.94. The lowest BCUT2D eigenvalue weighted by Crippen LogP contribution is -2.42. The molecule has 0 radical (unpaired) electrons. The highest BCUT2D eigenvalue weighted by atomic mass is 16.5. The number of aliphatic hydroxyl groups excluding tert-OH is 1. The van der Waals surface area contributed by atoms with Gasteiger partial charge in [-0.15, -0.1) is 0 Å². The van der Waals surface area contributed by atoms with Crippen molar-refractivity contribution in [2.75, 3.05) is 19.7 Å². The molecule has 3 heteroatoms. The molecule has 2 rings (SSSR count). The van der Waals surface area contributed by atoms with E-state index in [0.29, 0.717) is 0 Å². The second-order valence-electron chi connectivity index (χ2n) is 3.89. The van der Waals surface area contributed by atoms with Gasteiger partial charge in [0.05, 0.1) is 18.3 Å². The molecule has 2 aliphatic heterocycles. The molecule has 0 unspecified atom stereocenters. The van der Waals surface area contributed by atoms with Crippen molar-refractivity contribution in [2.24, 2.45) is 0 Å². The zero-order valence-corrected chi connectivity index (χ0v) is 7.38. The van der Waals surface area contributed by atoms with Crippen LogP contribution in [0, 0.1) is 0 Å². The van der Waals surface area contributed by atoms with E-state index in [1.807, 2.05) is 0 Å². The molecule has 0 aliphatic carbocycles. The second kappa shape index (κ2) is 3.32. The van der Waals surface area contributed by atoms with Crippen LogP contribution in [-0.4, -0.2) is 36.5 Å². The highest BCUT2D eigenvalue weighted by Gasteiger charge is 2.40. The van der Waals surface area contributed by atoms with Crippen molar-refractivity contribution in [3.05, 3.63) is 0 Å². The van der Waals surface area contributed by atoms with Gasteiger partial charge >= 0.3 is 0 Å². The highest BCUT2D eigenvalue weighted by molar-refractivity contribution is 4.92. The number of rotatable bonds is 1. The first-order chi connectivity index (χ1) is 5.85. The van der Waals surface area contributed by atoms with Crippen LogP contribution < -0.4 is 5.32 Å². The van der Waals surface area contributed by atoms with E-state index in [9.17, 15) is 0 Å². The molecule has 0 aromatic carbocycles. The van der Waals surface area contributed by atoms with Crippen LogP contribution in [0.15, 0.2) is 0 Å². The third-order valence-corrected chi connectivity index (χ3v) is 3.06. The lowest BCUT2D eigenvalue weighted by atomic mass is 9.89. The van der Waals surface area contributed by atoms with Crippen molar-refractivity contribution in [3.8, 4) is 0 Å². The van der Waals surface area contributed by atoms with Gasteiger partial charge in [-0.25, -0.2) is 0 Å². The van der Waals surface area contributed by atoms with Crippen molar-refractivity contribution in [1.29, 1.82) is 0 Å². The van der Waals surface area contributed by atoms with Crippen LogP contribution in [0.1, 0.15) is 25.7 Å². The summed E-state index contributed by atoms with van der Waals surface area (Å²) in [7, 11) is 0. The van der Waals surface area contributed by atoms with Gasteiger partial charge in [0, 0.05) is 0 Å². The quantitative estimate of drug-likeness (QED) is 0.595. The Hall–Kier alpha value is -0.120. The van der Waals surface area contributed by atoms with E-state index >= 15 is 0 Å². The average molecular weight is 171 g/mol. The molecular weight excluding hydrogens is 154 g/mol. The number of hydrogen-bond donors (Lipinski definition) is 2. The van der Waals surface area contributed by atoms with Crippen LogP contribution in [-0.2, 0) is 4.74 Å². The number of aliphatic hydroxyl groups is 1. The first kappa shape index (κ1) is 8.48. The van der Waals surface area contributed by atoms with Gasteiger partial charge in [0.1, 0.15) is 0 Å². The summed E-state index contributed by atoms with van der Waals surface area (Å²) in [5.41, 5.74) is 0.124. The molecule has 0 saturated carbocycles. The van der Waals surface area contributed by atoms with E-state index in [2.05, 4.69) is 5.32 Å². The van der Waals surface area contributed by atoms with Gasteiger partial charge in [-0.1, -0.05) is 0 Å². The fourth-order valence-electron chi connectivity index (χ4n) is 2.27. The predicted molar refractivity (Wildman–Crippen MR) is 46.0 cm³/mol. The smallest absolute Gasteiger partial charge is 0.0814 e. The summed E-state index contributed by atoms with van der Waals surface area (Å²) in [6, 6.07) is 0. The van der Waals surface area contributed by atoms with Crippen LogP contribution >= 0.6 is 0 Å². The summed E-state index contributed by atoms with van der Waals surface area (Å²) in [6.45, 7) is 2.32. The maximum atomic E-state index is 8.94. The van der Waals surface area contributed by atoms with Crippen LogP contribution in [0.4, 0.5) is 0 Å². The number of ether oxygens (including phenoxy) is 1. The average Bonchev–Trinajstić information content (AvgIpc) is 2.50. The third-order valence-electron chi connectivity index (χ3n) is 3.06. The fraction of sp³-hybridized carbons (Fsp3) is 1.00. The number of piperidine rings is 1. The topological polar surface area (TPSA) is 41.5 Å². The Morgan fingerprint density at radius 3 is 2.67 bits per heavy atom. The summed E-state index contributed by atoms with van der Waals surface area (Å²) < 4.78 is 5.85. The molecule has 12 heavy (non-hydrogen) atoms. The first-order valence-corrected chi connectivity index (χ1v) is 4.84. The minimum absolute atomic E-state index is 0.114. The Balaban J connectivity index is 1.94. The van der Waals surface area contributed by atoms with Gasteiger partial charge in [0.15, 0.2) is 0 Å². The van der Waals surface area contributed by atoms with E-state index in [0.717, 1.165) is 38.8 Å². The zero-order chi connectivity index (χ0) is 8.44. The van der Waals surface area contributed by atoms with Crippen molar-refractivity contribution in [1.82, 2.24) is 5.32 Å². The Morgan fingerprint density at radius 2 is 2.08 bits per heavy atom. The van der Waals surface area contributed by atoms with Gasteiger partial charge < -0.3 is 15.2 Å². The Kier molecular flexibility index (Phi) is 2.35. The molecule has 0 bridgehead atoms. The second-order valence-corrected chi connectivity index (χ2v) is 3.89. The van der Waals surface area contributed by atoms with E-state index in [4.69, 9.17) is 9.84 Å². The van der Waals surface area contributed by atoms with Gasteiger partial charge in [0.25, 0.3) is 0 Å². The highest BCUT2D eigenvalue weighted by Crippen LogP contribution is 2.36. The third kappa shape index (κ3) is 1.49. The van der Waals surface area contributed by atoms with Crippen LogP contribution in [0.5, 0.6) is 0 Å². The molecule has 2 aliphatic rings. The summed E-state index contributed by atoms with van der Waals surface area (Å²) in [5, 5.41) is 12.3. The number of hydrogen-bond acceptors (Lipinski definition) is 3. The Labute approximate surface area is 73.1 Å². The SMILES string of the molecule is OC[C@H]1CCC2(CCNCC2)O1. The molecule has 2 fully saturated rings. The summed E-state index contributed by atoms with van der Waals surface area (Å²) >= 11 is 0. The predicted octanol–water partition coefficient (Wildman–Crippen LogP) is 0.280. The van der Waals surface area contributed by atoms with E-state index in [1.54, 1.807) is 0 Å². The normalized spacial score (nSPS) is 34.2. The van der Waals surface area contributed by atoms with Crippen molar-refractivity contribution in [2.45, 2.75) is 37.4 Å². The molecule has 2 N–H and O–H groups in total.